The maximum absolute atomic E-state index is 15.1. The second kappa shape index (κ2) is 7.30. The largest absolute Gasteiger partial charge is 0.437 e. The normalized spacial score (nSPS) is 16.4. The van der Waals surface area contributed by atoms with Gasteiger partial charge in [0, 0.05) is 14.1 Å². The first-order valence-electron chi connectivity index (χ1n) is 10.6. The number of aromatic nitrogens is 1. The van der Waals surface area contributed by atoms with Gasteiger partial charge in [-0.3, -0.25) is 9.10 Å². The molecule has 3 aromatic rings. The van der Waals surface area contributed by atoms with Crippen LogP contribution in [0.15, 0.2) is 28.7 Å². The molecule has 0 saturated heterocycles. The minimum absolute atomic E-state index is 0.0904. The van der Waals surface area contributed by atoms with E-state index >= 15 is 4.39 Å². The second-order valence-electron chi connectivity index (χ2n) is 8.66. The molecule has 2 aliphatic carbocycles. The van der Waals surface area contributed by atoms with Crippen molar-refractivity contribution < 1.29 is 22.0 Å². The second-order valence-corrected chi connectivity index (χ2v) is 10.7. The summed E-state index contributed by atoms with van der Waals surface area (Å²) in [5.41, 5.74) is 2.15. The molecule has 1 aromatic carbocycles. The summed E-state index contributed by atoms with van der Waals surface area (Å²) in [5, 5.41) is 3.04. The molecular formula is C23H24FN3O4S. The van der Waals surface area contributed by atoms with Crippen LogP contribution in [0.4, 0.5) is 10.2 Å². The zero-order valence-corrected chi connectivity index (χ0v) is 18.9. The lowest BCUT2D eigenvalue weighted by atomic mass is 10.0. The van der Waals surface area contributed by atoms with Gasteiger partial charge in [-0.2, -0.15) is 4.98 Å². The highest BCUT2D eigenvalue weighted by Crippen LogP contribution is 2.47. The lowest BCUT2D eigenvalue weighted by Crippen LogP contribution is -2.27. The van der Waals surface area contributed by atoms with E-state index < -0.39 is 21.7 Å². The van der Waals surface area contributed by atoms with E-state index in [1.165, 1.54) is 20.2 Å². The molecule has 2 aliphatic rings. The van der Waals surface area contributed by atoms with E-state index in [2.05, 4.69) is 10.3 Å². The number of sulfonamides is 1. The molecule has 0 radical (unpaired) electrons. The molecule has 2 heterocycles. The van der Waals surface area contributed by atoms with Gasteiger partial charge in [-0.25, -0.2) is 12.8 Å². The van der Waals surface area contributed by atoms with Crippen LogP contribution >= 0.6 is 0 Å². The highest BCUT2D eigenvalue weighted by Gasteiger charge is 2.33. The molecule has 2 saturated carbocycles. The van der Waals surface area contributed by atoms with E-state index in [1.807, 2.05) is 6.07 Å². The molecule has 1 N–H and O–H groups in total. The molecule has 9 heteroatoms. The Hall–Kier alpha value is -2.94. The Kier molecular flexibility index (Phi) is 4.77. The van der Waals surface area contributed by atoms with Crippen LogP contribution < -0.4 is 9.62 Å². The van der Waals surface area contributed by atoms with E-state index in [-0.39, 0.29) is 34.3 Å². The van der Waals surface area contributed by atoms with E-state index in [0.717, 1.165) is 47.4 Å². The van der Waals surface area contributed by atoms with Crippen molar-refractivity contribution in [2.75, 3.05) is 24.7 Å². The van der Waals surface area contributed by atoms with Crippen LogP contribution in [0, 0.1) is 5.82 Å². The zero-order valence-electron chi connectivity index (χ0n) is 18.1. The first kappa shape index (κ1) is 20.9. The summed E-state index contributed by atoms with van der Waals surface area (Å²) in [4.78, 5) is 17.3. The van der Waals surface area contributed by atoms with Gasteiger partial charge in [-0.05, 0) is 66.8 Å². The van der Waals surface area contributed by atoms with Crippen molar-refractivity contribution in [3.05, 3.63) is 46.8 Å². The number of nitrogens with zero attached hydrogens (tertiary/aromatic N) is 2. The third-order valence-electron chi connectivity index (χ3n) is 6.24. The van der Waals surface area contributed by atoms with Gasteiger partial charge in [-0.1, -0.05) is 6.07 Å². The van der Waals surface area contributed by atoms with Crippen molar-refractivity contribution in [1.82, 2.24) is 10.3 Å². The van der Waals surface area contributed by atoms with E-state index in [4.69, 9.17) is 4.42 Å². The number of benzene rings is 1. The van der Waals surface area contributed by atoms with Crippen molar-refractivity contribution >= 4 is 32.8 Å². The van der Waals surface area contributed by atoms with Crippen molar-refractivity contribution in [2.45, 2.75) is 37.5 Å². The standard InChI is InChI=1S/C23H24FN3O4S/c1-25-22(28)19-17-11-16(13-6-7-13)21(27(2)32(3,29)30)26-23(17)31-20(19)15-9-8-14(10-18(15)24)12-4-5-12/h8-13H,4-7H2,1-3H3,(H,25,28). The van der Waals surface area contributed by atoms with E-state index in [9.17, 15) is 13.2 Å². The van der Waals surface area contributed by atoms with Gasteiger partial charge in [0.2, 0.25) is 15.7 Å². The average Bonchev–Trinajstić information content (AvgIpc) is 3.66. The zero-order chi connectivity index (χ0) is 22.8. The van der Waals surface area contributed by atoms with Crippen molar-refractivity contribution in [1.29, 1.82) is 0 Å². The van der Waals surface area contributed by atoms with Gasteiger partial charge in [0.25, 0.3) is 5.91 Å². The molecule has 0 spiro atoms. The van der Waals surface area contributed by atoms with Gasteiger partial charge in [0.1, 0.15) is 11.6 Å². The van der Waals surface area contributed by atoms with Crippen molar-refractivity contribution in [2.24, 2.45) is 0 Å². The smallest absolute Gasteiger partial charge is 0.255 e. The fraction of sp³-hybridized carbons (Fsp3) is 0.391. The van der Waals surface area contributed by atoms with Gasteiger partial charge in [0.15, 0.2) is 5.76 Å². The van der Waals surface area contributed by atoms with Crippen LogP contribution in [0.5, 0.6) is 0 Å². The monoisotopic (exact) mass is 457 g/mol. The highest BCUT2D eigenvalue weighted by molar-refractivity contribution is 7.92. The Morgan fingerprint density at radius 2 is 1.88 bits per heavy atom. The van der Waals surface area contributed by atoms with Gasteiger partial charge in [-0.15, -0.1) is 0 Å². The molecule has 0 aliphatic heterocycles. The first-order valence-corrected chi connectivity index (χ1v) is 12.5. The number of furan rings is 1. The molecule has 32 heavy (non-hydrogen) atoms. The number of hydrogen-bond donors (Lipinski definition) is 1. The molecule has 0 unspecified atom stereocenters. The van der Waals surface area contributed by atoms with Crippen LogP contribution in [0.25, 0.3) is 22.4 Å². The van der Waals surface area contributed by atoms with Crippen LogP contribution in [0.1, 0.15) is 59.0 Å². The topological polar surface area (TPSA) is 92.5 Å². The average molecular weight is 458 g/mol. The molecule has 7 nitrogen and oxygen atoms in total. The minimum Gasteiger partial charge on any atom is -0.437 e. The van der Waals surface area contributed by atoms with Crippen molar-refractivity contribution in [3.63, 3.8) is 0 Å². The number of amides is 1. The molecule has 2 aromatic heterocycles. The number of nitrogens with one attached hydrogen (secondary N) is 1. The van der Waals surface area contributed by atoms with Crippen LogP contribution in [0.2, 0.25) is 0 Å². The van der Waals surface area contributed by atoms with Gasteiger partial charge >= 0.3 is 0 Å². The molecule has 5 rings (SSSR count). The predicted octanol–water partition coefficient (Wildman–Crippen LogP) is 4.14. The first-order chi connectivity index (χ1) is 15.2. The summed E-state index contributed by atoms with van der Waals surface area (Å²) >= 11 is 0. The summed E-state index contributed by atoms with van der Waals surface area (Å²) in [7, 11) is -0.615. The molecule has 168 valence electrons. The Morgan fingerprint density at radius 3 is 2.44 bits per heavy atom. The lowest BCUT2D eigenvalue weighted by molar-refractivity contribution is 0.0964. The molecule has 2 fully saturated rings. The summed E-state index contributed by atoms with van der Waals surface area (Å²) < 4.78 is 46.5. The maximum atomic E-state index is 15.1. The van der Waals surface area contributed by atoms with Crippen LogP contribution in [-0.4, -0.2) is 39.7 Å². The van der Waals surface area contributed by atoms with Crippen molar-refractivity contribution in [3.8, 4) is 11.3 Å². The molecule has 1 amide bonds. The third kappa shape index (κ3) is 3.54. The lowest BCUT2D eigenvalue weighted by Gasteiger charge is -2.18. The number of rotatable bonds is 6. The number of carbonyl (C=O) groups excluding carboxylic acids is 1. The van der Waals surface area contributed by atoms with E-state index in [0.29, 0.717) is 11.3 Å². The number of halogens is 1. The van der Waals surface area contributed by atoms with Gasteiger partial charge in [0.05, 0.1) is 22.8 Å². The fourth-order valence-corrected chi connectivity index (χ4v) is 4.52. The summed E-state index contributed by atoms with van der Waals surface area (Å²) in [5.74, 6) is 0.0381. The number of hydrogen-bond acceptors (Lipinski definition) is 5. The quantitative estimate of drug-likeness (QED) is 0.601. The summed E-state index contributed by atoms with van der Waals surface area (Å²) in [6.07, 6.45) is 5.04. The fourth-order valence-electron chi connectivity index (χ4n) is 4.06. The Labute approximate surface area is 185 Å². The number of anilines is 1. The third-order valence-corrected chi connectivity index (χ3v) is 7.41. The molecule has 0 bridgehead atoms. The number of pyridine rings is 1. The highest BCUT2D eigenvalue weighted by atomic mass is 32.2. The molecular weight excluding hydrogens is 433 g/mol. The Morgan fingerprint density at radius 1 is 1.19 bits per heavy atom. The molecule has 0 atom stereocenters. The maximum Gasteiger partial charge on any atom is 0.255 e. The predicted molar refractivity (Wildman–Crippen MR) is 120 cm³/mol. The Bertz CT molecular complexity index is 1360. The van der Waals surface area contributed by atoms with E-state index in [1.54, 1.807) is 12.1 Å². The number of fused-ring (bicyclic) bond motifs is 1. The number of carbonyl (C=O) groups is 1. The van der Waals surface area contributed by atoms with Crippen LogP contribution in [-0.2, 0) is 10.0 Å². The Balaban J connectivity index is 1.74. The summed E-state index contributed by atoms with van der Waals surface area (Å²) in [6.45, 7) is 0. The van der Waals surface area contributed by atoms with Gasteiger partial charge < -0.3 is 9.73 Å². The minimum atomic E-state index is -3.55. The summed E-state index contributed by atoms with van der Waals surface area (Å²) in [6, 6.07) is 6.77. The SMILES string of the molecule is CNC(=O)c1c(-c2ccc(C3CC3)cc2F)oc2nc(N(C)S(C)(=O)=O)c(C3CC3)cc12. The van der Waals surface area contributed by atoms with Crippen LogP contribution in [0.3, 0.4) is 0 Å².